The first kappa shape index (κ1) is 14.9. The zero-order chi connectivity index (χ0) is 14.4. The van der Waals surface area contributed by atoms with E-state index in [1.807, 2.05) is 12.1 Å². The van der Waals surface area contributed by atoms with Gasteiger partial charge in [-0.3, -0.25) is 0 Å². The summed E-state index contributed by atoms with van der Waals surface area (Å²) in [5.74, 6) is 1.07. The van der Waals surface area contributed by atoms with Crippen molar-refractivity contribution in [1.29, 1.82) is 0 Å². The van der Waals surface area contributed by atoms with Gasteiger partial charge >= 0.3 is 0 Å². The van der Waals surface area contributed by atoms with E-state index in [1.54, 1.807) is 6.26 Å². The quantitative estimate of drug-likeness (QED) is 0.817. The molecule has 0 radical (unpaired) electrons. The van der Waals surface area contributed by atoms with Crippen LogP contribution in [-0.4, -0.2) is 12.6 Å². The van der Waals surface area contributed by atoms with Gasteiger partial charge in [0.2, 0.25) is 0 Å². The summed E-state index contributed by atoms with van der Waals surface area (Å²) in [6.45, 7) is 7.80. The van der Waals surface area contributed by atoms with Gasteiger partial charge in [0.25, 0.3) is 0 Å². The van der Waals surface area contributed by atoms with Gasteiger partial charge in [0.05, 0.1) is 6.26 Å². The minimum atomic E-state index is 0.153. The van der Waals surface area contributed by atoms with Crippen LogP contribution < -0.4 is 5.32 Å². The highest BCUT2D eigenvalue weighted by Gasteiger charge is 2.20. The first-order valence-electron chi connectivity index (χ1n) is 7.39. The van der Waals surface area contributed by atoms with Crippen molar-refractivity contribution in [3.63, 3.8) is 0 Å². The number of hydrogen-bond donors (Lipinski definition) is 1. The van der Waals surface area contributed by atoms with Crippen molar-refractivity contribution in [3.05, 3.63) is 60.1 Å². The summed E-state index contributed by atoms with van der Waals surface area (Å²) in [7, 11) is 0. The molecule has 1 aromatic carbocycles. The standard InChI is InChI=1S/C18H25NO/c1-15(11-12-17-10-7-13-20-17)19-14-18(2,3)16-8-5-4-6-9-16/h4-10,13,15,19H,11-12,14H2,1-3H3. The Hall–Kier alpha value is -1.54. The van der Waals surface area contributed by atoms with Crippen LogP contribution >= 0.6 is 0 Å². The lowest BCUT2D eigenvalue weighted by Gasteiger charge is -2.28. The van der Waals surface area contributed by atoms with Crippen molar-refractivity contribution in [1.82, 2.24) is 5.32 Å². The van der Waals surface area contributed by atoms with Crippen molar-refractivity contribution in [2.75, 3.05) is 6.54 Å². The molecule has 0 aliphatic rings. The molecular formula is C18H25NO. The van der Waals surface area contributed by atoms with Gasteiger partial charge in [-0.1, -0.05) is 44.2 Å². The maximum Gasteiger partial charge on any atom is 0.103 e. The Balaban J connectivity index is 1.79. The summed E-state index contributed by atoms with van der Waals surface area (Å²) < 4.78 is 5.37. The minimum Gasteiger partial charge on any atom is -0.469 e. The molecule has 0 spiro atoms. The number of aryl methyl sites for hydroxylation is 1. The lowest BCUT2D eigenvalue weighted by atomic mass is 9.84. The molecule has 20 heavy (non-hydrogen) atoms. The van der Waals surface area contributed by atoms with Crippen LogP contribution in [0, 0.1) is 0 Å². The van der Waals surface area contributed by atoms with E-state index in [4.69, 9.17) is 4.42 Å². The summed E-state index contributed by atoms with van der Waals surface area (Å²) in [5.41, 5.74) is 1.53. The van der Waals surface area contributed by atoms with Gasteiger partial charge in [0.15, 0.2) is 0 Å². The number of furan rings is 1. The first-order valence-corrected chi connectivity index (χ1v) is 7.39. The minimum absolute atomic E-state index is 0.153. The molecule has 108 valence electrons. The van der Waals surface area contributed by atoms with Crippen LogP contribution in [0.3, 0.4) is 0 Å². The Morgan fingerprint density at radius 1 is 1.10 bits per heavy atom. The molecule has 2 rings (SSSR count). The molecule has 0 aliphatic heterocycles. The predicted octanol–water partition coefficient (Wildman–Crippen LogP) is 4.17. The maximum absolute atomic E-state index is 5.37. The number of benzene rings is 1. The number of hydrogen-bond acceptors (Lipinski definition) is 2. The third-order valence-corrected chi connectivity index (χ3v) is 3.85. The SMILES string of the molecule is CC(CCc1ccco1)NCC(C)(C)c1ccccc1. The Morgan fingerprint density at radius 3 is 2.50 bits per heavy atom. The van der Waals surface area contributed by atoms with Crippen molar-refractivity contribution in [2.24, 2.45) is 0 Å². The normalized spacial score (nSPS) is 13.3. The fourth-order valence-electron chi connectivity index (χ4n) is 2.34. The van der Waals surface area contributed by atoms with E-state index in [2.05, 4.69) is 56.4 Å². The molecule has 1 atom stereocenters. The summed E-state index contributed by atoms with van der Waals surface area (Å²) >= 11 is 0. The van der Waals surface area contributed by atoms with E-state index in [0.29, 0.717) is 6.04 Å². The second kappa shape index (κ2) is 6.76. The summed E-state index contributed by atoms with van der Waals surface area (Å²) in [6, 6.07) is 15.2. The Morgan fingerprint density at radius 2 is 1.85 bits per heavy atom. The van der Waals surface area contributed by atoms with Crippen LogP contribution in [-0.2, 0) is 11.8 Å². The van der Waals surface area contributed by atoms with Gasteiger partial charge < -0.3 is 9.73 Å². The first-order chi connectivity index (χ1) is 9.58. The average molecular weight is 271 g/mol. The van der Waals surface area contributed by atoms with Gasteiger partial charge in [0.1, 0.15) is 5.76 Å². The molecule has 1 heterocycles. The van der Waals surface area contributed by atoms with Gasteiger partial charge in [0, 0.05) is 24.4 Å². The van der Waals surface area contributed by atoms with Crippen LogP contribution in [0.5, 0.6) is 0 Å². The highest BCUT2D eigenvalue weighted by molar-refractivity contribution is 5.23. The second-order valence-corrected chi connectivity index (χ2v) is 6.15. The van der Waals surface area contributed by atoms with E-state index >= 15 is 0 Å². The zero-order valence-corrected chi connectivity index (χ0v) is 12.7. The van der Waals surface area contributed by atoms with Crippen molar-refractivity contribution in [2.45, 2.75) is 45.1 Å². The van der Waals surface area contributed by atoms with Crippen molar-refractivity contribution < 1.29 is 4.42 Å². The van der Waals surface area contributed by atoms with E-state index < -0.39 is 0 Å². The van der Waals surface area contributed by atoms with Crippen molar-refractivity contribution >= 4 is 0 Å². The molecule has 1 unspecified atom stereocenters. The fourth-order valence-corrected chi connectivity index (χ4v) is 2.34. The lowest BCUT2D eigenvalue weighted by molar-refractivity contribution is 0.406. The van der Waals surface area contributed by atoms with Gasteiger partial charge in [-0.05, 0) is 31.0 Å². The summed E-state index contributed by atoms with van der Waals surface area (Å²) in [6.07, 6.45) is 3.83. The molecule has 0 bridgehead atoms. The fraction of sp³-hybridized carbons (Fsp3) is 0.444. The highest BCUT2D eigenvalue weighted by atomic mass is 16.3. The topological polar surface area (TPSA) is 25.2 Å². The second-order valence-electron chi connectivity index (χ2n) is 6.15. The van der Waals surface area contributed by atoms with E-state index in [1.165, 1.54) is 5.56 Å². The third kappa shape index (κ3) is 4.24. The summed E-state index contributed by atoms with van der Waals surface area (Å²) in [4.78, 5) is 0. The maximum atomic E-state index is 5.37. The molecule has 2 heteroatoms. The smallest absolute Gasteiger partial charge is 0.103 e. The molecule has 0 fully saturated rings. The molecule has 2 aromatic rings. The molecule has 1 N–H and O–H groups in total. The highest BCUT2D eigenvalue weighted by Crippen LogP contribution is 2.22. The van der Waals surface area contributed by atoms with Crippen LogP contribution in [0.15, 0.2) is 53.1 Å². The number of rotatable bonds is 7. The van der Waals surface area contributed by atoms with Crippen LogP contribution in [0.2, 0.25) is 0 Å². The largest absolute Gasteiger partial charge is 0.469 e. The molecular weight excluding hydrogens is 246 g/mol. The van der Waals surface area contributed by atoms with Crippen LogP contribution in [0.1, 0.15) is 38.5 Å². The van der Waals surface area contributed by atoms with E-state index in [-0.39, 0.29) is 5.41 Å². The summed E-state index contributed by atoms with van der Waals surface area (Å²) in [5, 5.41) is 3.64. The Kier molecular flexibility index (Phi) is 5.02. The van der Waals surface area contributed by atoms with Gasteiger partial charge in [-0.2, -0.15) is 0 Å². The Labute approximate surface area is 122 Å². The van der Waals surface area contributed by atoms with Gasteiger partial charge in [-0.25, -0.2) is 0 Å². The molecule has 0 aliphatic carbocycles. The van der Waals surface area contributed by atoms with Crippen LogP contribution in [0.25, 0.3) is 0 Å². The molecule has 0 saturated carbocycles. The average Bonchev–Trinajstić information content (AvgIpc) is 2.97. The number of nitrogens with one attached hydrogen (secondary N) is 1. The lowest BCUT2D eigenvalue weighted by Crippen LogP contribution is -2.38. The predicted molar refractivity (Wildman–Crippen MR) is 84.0 cm³/mol. The van der Waals surface area contributed by atoms with Crippen molar-refractivity contribution in [3.8, 4) is 0 Å². The van der Waals surface area contributed by atoms with Crippen LogP contribution in [0.4, 0.5) is 0 Å². The molecule has 0 amide bonds. The van der Waals surface area contributed by atoms with E-state index in [0.717, 1.165) is 25.1 Å². The molecule has 2 nitrogen and oxygen atoms in total. The Bertz CT molecular complexity index is 487. The van der Waals surface area contributed by atoms with Gasteiger partial charge in [-0.15, -0.1) is 0 Å². The zero-order valence-electron chi connectivity index (χ0n) is 12.7. The monoisotopic (exact) mass is 271 g/mol. The third-order valence-electron chi connectivity index (χ3n) is 3.85. The molecule has 1 aromatic heterocycles. The van der Waals surface area contributed by atoms with E-state index in [9.17, 15) is 0 Å². The molecule has 0 saturated heterocycles.